The third-order valence-corrected chi connectivity index (χ3v) is 7.80. The average molecular weight is 409 g/mol. The largest absolute Gasteiger partial charge is 0.0654 e. The number of rotatable bonds is 21. The van der Waals surface area contributed by atoms with E-state index in [2.05, 4.69) is 48.5 Å². The predicted molar refractivity (Wildman–Crippen MR) is 136 cm³/mol. The van der Waals surface area contributed by atoms with Crippen molar-refractivity contribution < 1.29 is 0 Å². The van der Waals surface area contributed by atoms with Crippen molar-refractivity contribution in [3.05, 3.63) is 0 Å². The Labute approximate surface area is 187 Å². The van der Waals surface area contributed by atoms with Gasteiger partial charge in [-0.15, -0.1) is 0 Å². The van der Waals surface area contributed by atoms with E-state index in [1.807, 2.05) is 0 Å². The first-order chi connectivity index (χ1) is 14.1. The van der Waals surface area contributed by atoms with Crippen molar-refractivity contribution in [2.24, 2.45) is 29.6 Å². The molecule has 0 N–H and O–H groups in total. The molecule has 29 heavy (non-hydrogen) atoms. The second-order valence-electron chi connectivity index (χ2n) is 10.3. The molecule has 0 aliphatic rings. The molecule has 0 radical (unpaired) electrons. The first kappa shape index (κ1) is 29.0. The number of hydrogen-bond donors (Lipinski definition) is 0. The molecule has 0 rings (SSSR count). The van der Waals surface area contributed by atoms with Crippen LogP contribution in [0.1, 0.15) is 158 Å². The smallest absolute Gasteiger partial charge is 0.0383 e. The van der Waals surface area contributed by atoms with Crippen molar-refractivity contribution in [1.29, 1.82) is 0 Å². The lowest BCUT2D eigenvalue weighted by Crippen LogP contribution is -2.23. The zero-order chi connectivity index (χ0) is 21.9. The Morgan fingerprint density at radius 3 is 1.41 bits per heavy atom. The summed E-state index contributed by atoms with van der Waals surface area (Å²) < 4.78 is 0. The molecule has 0 bridgehead atoms. The molecule has 0 heteroatoms. The first-order valence-corrected chi connectivity index (χ1v) is 14.1. The second kappa shape index (κ2) is 19.9. The summed E-state index contributed by atoms with van der Waals surface area (Å²) in [6.07, 6.45) is 24.4. The molecule has 176 valence electrons. The van der Waals surface area contributed by atoms with Gasteiger partial charge >= 0.3 is 0 Å². The van der Waals surface area contributed by atoms with E-state index in [0.717, 1.165) is 29.6 Å². The van der Waals surface area contributed by atoms with Gasteiger partial charge in [-0.1, -0.05) is 151 Å². The summed E-state index contributed by atoms with van der Waals surface area (Å²) >= 11 is 0. The Balaban J connectivity index is 4.87. The van der Waals surface area contributed by atoms with Gasteiger partial charge in [0.2, 0.25) is 0 Å². The van der Waals surface area contributed by atoms with E-state index in [1.54, 1.807) is 0 Å². The highest BCUT2D eigenvalue weighted by Gasteiger charge is 2.26. The fraction of sp³-hybridized carbons (Fsp3) is 1.00. The fourth-order valence-electron chi connectivity index (χ4n) is 6.00. The molecule has 0 aromatic heterocycles. The minimum atomic E-state index is 0.921. The summed E-state index contributed by atoms with van der Waals surface area (Å²) in [5, 5.41) is 0. The fourth-order valence-corrected chi connectivity index (χ4v) is 6.00. The zero-order valence-corrected chi connectivity index (χ0v) is 21.9. The van der Waals surface area contributed by atoms with Crippen LogP contribution in [-0.4, -0.2) is 0 Å². The highest BCUT2D eigenvalue weighted by atomic mass is 14.3. The maximum absolute atomic E-state index is 2.63. The molecule has 0 amide bonds. The van der Waals surface area contributed by atoms with Crippen LogP contribution in [0.3, 0.4) is 0 Å². The van der Waals surface area contributed by atoms with Crippen LogP contribution < -0.4 is 0 Å². The Morgan fingerprint density at radius 2 is 0.931 bits per heavy atom. The molecule has 3 atom stereocenters. The second-order valence-corrected chi connectivity index (χ2v) is 10.3. The standard InChI is InChI=1S/C29H60/c1-8-14-22-28(13-6)25(7)29(24-27(19-11-4)20-12-5)23-16-15-21-26(17-9-2)18-10-3/h25-29H,8-24H2,1-7H3. The van der Waals surface area contributed by atoms with Gasteiger partial charge in [-0.05, 0) is 36.0 Å². The van der Waals surface area contributed by atoms with E-state index in [1.165, 1.54) is 109 Å². The van der Waals surface area contributed by atoms with Gasteiger partial charge in [0.25, 0.3) is 0 Å². The first-order valence-electron chi connectivity index (χ1n) is 14.1. The molecule has 0 nitrogen and oxygen atoms in total. The van der Waals surface area contributed by atoms with Crippen molar-refractivity contribution in [2.45, 2.75) is 158 Å². The molecule has 0 saturated heterocycles. The lowest BCUT2D eigenvalue weighted by Gasteiger charge is -2.33. The molecule has 0 heterocycles. The molecule has 3 unspecified atom stereocenters. The van der Waals surface area contributed by atoms with Crippen LogP contribution in [0.2, 0.25) is 0 Å². The van der Waals surface area contributed by atoms with Crippen LogP contribution in [-0.2, 0) is 0 Å². The van der Waals surface area contributed by atoms with Crippen LogP contribution >= 0.6 is 0 Å². The van der Waals surface area contributed by atoms with Gasteiger partial charge in [0, 0.05) is 0 Å². The van der Waals surface area contributed by atoms with Crippen LogP contribution in [0, 0.1) is 29.6 Å². The van der Waals surface area contributed by atoms with E-state index in [0.29, 0.717) is 0 Å². The van der Waals surface area contributed by atoms with Crippen molar-refractivity contribution in [3.63, 3.8) is 0 Å². The highest BCUT2D eigenvalue weighted by Crippen LogP contribution is 2.37. The van der Waals surface area contributed by atoms with Crippen LogP contribution in [0.25, 0.3) is 0 Å². The van der Waals surface area contributed by atoms with E-state index in [4.69, 9.17) is 0 Å². The summed E-state index contributed by atoms with van der Waals surface area (Å²) in [6, 6.07) is 0. The Morgan fingerprint density at radius 1 is 0.448 bits per heavy atom. The molecule has 0 aromatic rings. The van der Waals surface area contributed by atoms with Gasteiger partial charge in [-0.3, -0.25) is 0 Å². The minimum absolute atomic E-state index is 0.921. The van der Waals surface area contributed by atoms with Crippen molar-refractivity contribution in [1.82, 2.24) is 0 Å². The molecule has 0 aliphatic carbocycles. The molecular weight excluding hydrogens is 348 g/mol. The molecule has 0 saturated carbocycles. The summed E-state index contributed by atoms with van der Waals surface area (Å²) in [7, 11) is 0. The van der Waals surface area contributed by atoms with Crippen molar-refractivity contribution in [3.8, 4) is 0 Å². The number of hydrogen-bond acceptors (Lipinski definition) is 0. The summed E-state index contributed by atoms with van der Waals surface area (Å²) in [4.78, 5) is 0. The zero-order valence-electron chi connectivity index (χ0n) is 21.9. The normalized spacial score (nSPS) is 15.2. The van der Waals surface area contributed by atoms with Crippen molar-refractivity contribution >= 4 is 0 Å². The summed E-state index contributed by atoms with van der Waals surface area (Å²) in [6.45, 7) is 16.9. The van der Waals surface area contributed by atoms with E-state index in [-0.39, 0.29) is 0 Å². The highest BCUT2D eigenvalue weighted by molar-refractivity contribution is 4.77. The van der Waals surface area contributed by atoms with E-state index >= 15 is 0 Å². The average Bonchev–Trinajstić information content (AvgIpc) is 2.71. The molecule has 0 fully saturated rings. The summed E-state index contributed by atoms with van der Waals surface area (Å²) in [5.74, 6) is 4.83. The van der Waals surface area contributed by atoms with Gasteiger partial charge in [-0.25, -0.2) is 0 Å². The predicted octanol–water partition coefficient (Wildman–Crippen LogP) is 10.8. The number of unbranched alkanes of at least 4 members (excludes halogenated alkanes) is 2. The van der Waals surface area contributed by atoms with Crippen LogP contribution in [0.4, 0.5) is 0 Å². The van der Waals surface area contributed by atoms with Crippen molar-refractivity contribution in [2.75, 3.05) is 0 Å². The van der Waals surface area contributed by atoms with E-state index in [9.17, 15) is 0 Å². The lowest BCUT2D eigenvalue weighted by molar-refractivity contribution is 0.170. The molecular formula is C29H60. The topological polar surface area (TPSA) is 0 Å². The molecule has 0 spiro atoms. The minimum Gasteiger partial charge on any atom is -0.0654 e. The van der Waals surface area contributed by atoms with Crippen LogP contribution in [0.15, 0.2) is 0 Å². The van der Waals surface area contributed by atoms with Gasteiger partial charge in [-0.2, -0.15) is 0 Å². The van der Waals surface area contributed by atoms with Gasteiger partial charge in [0.1, 0.15) is 0 Å². The Bertz CT molecular complexity index is 308. The SMILES string of the molecule is CCCCC(CC)C(C)C(CCCCC(CCC)CCC)CC(CCC)CCC. The maximum atomic E-state index is 2.63. The molecule has 0 aliphatic heterocycles. The third kappa shape index (κ3) is 13.8. The quantitative estimate of drug-likeness (QED) is 0.166. The third-order valence-electron chi connectivity index (χ3n) is 7.80. The molecule has 0 aromatic carbocycles. The maximum Gasteiger partial charge on any atom is -0.0383 e. The van der Waals surface area contributed by atoms with Gasteiger partial charge < -0.3 is 0 Å². The summed E-state index contributed by atoms with van der Waals surface area (Å²) in [5.41, 5.74) is 0. The van der Waals surface area contributed by atoms with Gasteiger partial charge in [0.15, 0.2) is 0 Å². The van der Waals surface area contributed by atoms with Crippen LogP contribution in [0.5, 0.6) is 0 Å². The Hall–Kier alpha value is 0. The lowest BCUT2D eigenvalue weighted by atomic mass is 9.72. The monoisotopic (exact) mass is 408 g/mol. The van der Waals surface area contributed by atoms with E-state index < -0.39 is 0 Å². The van der Waals surface area contributed by atoms with Gasteiger partial charge in [0.05, 0.1) is 0 Å². The Kier molecular flexibility index (Phi) is 19.9.